The molecule has 0 aliphatic heterocycles. The summed E-state index contributed by atoms with van der Waals surface area (Å²) < 4.78 is 8.06. The average Bonchev–Trinajstić information content (AvgIpc) is 2.58. The van der Waals surface area contributed by atoms with Crippen LogP contribution in [0.2, 0.25) is 0 Å². The molecule has 0 saturated carbocycles. The first-order valence-corrected chi connectivity index (χ1v) is 8.01. The van der Waals surface area contributed by atoms with Crippen LogP contribution in [0.15, 0.2) is 66.7 Å². The van der Waals surface area contributed by atoms with Crippen molar-refractivity contribution in [1.82, 2.24) is 0 Å². The molecule has 0 radical (unpaired) electrons. The van der Waals surface area contributed by atoms with Gasteiger partial charge in [0.15, 0.2) is 0 Å². The van der Waals surface area contributed by atoms with E-state index in [9.17, 15) is 0 Å². The summed E-state index contributed by atoms with van der Waals surface area (Å²) in [5, 5.41) is 0. The lowest BCUT2D eigenvalue weighted by Crippen LogP contribution is -1.95. The molecule has 3 rings (SSSR count). The van der Waals surface area contributed by atoms with E-state index in [0.29, 0.717) is 0 Å². The Balaban J connectivity index is 0.000000924. The highest BCUT2D eigenvalue weighted by molar-refractivity contribution is 7.00. The summed E-state index contributed by atoms with van der Waals surface area (Å²) in [6.45, 7) is 6.65. The quantitative estimate of drug-likeness (QED) is 0.498. The van der Waals surface area contributed by atoms with Gasteiger partial charge in [0.1, 0.15) is 9.12 Å². The summed E-state index contributed by atoms with van der Waals surface area (Å²) in [6.07, 6.45) is 0. The number of aryl methyl sites for hydroxylation is 2. The summed E-state index contributed by atoms with van der Waals surface area (Å²) in [7, 11) is 1.72. The molecule has 0 aliphatic carbocycles. The molecule has 0 unspecified atom stereocenters. The average molecular weight is 320 g/mol. The Morgan fingerprint density at radius 3 is 1.30 bits per heavy atom. The molecule has 0 fully saturated rings. The third kappa shape index (κ3) is 3.57. The molecule has 0 N–H and O–H groups in total. The molecule has 3 aromatic carbocycles. The first-order valence-electron chi connectivity index (χ1n) is 7.60. The van der Waals surface area contributed by atoms with E-state index in [1.165, 1.54) is 38.9 Å². The number of rotatable bonds is 2. The SMILES string of the molecule is Cc1cc(C)c(-c2ccccc2)c(C)c1-c1ccccc1.O=P. The molecule has 0 atom stereocenters. The predicted molar refractivity (Wildman–Crippen MR) is 101 cm³/mol. The highest BCUT2D eigenvalue weighted by atomic mass is 31.0. The molecule has 1 nitrogen and oxygen atoms in total. The van der Waals surface area contributed by atoms with Gasteiger partial charge in [0.25, 0.3) is 0 Å². The van der Waals surface area contributed by atoms with Gasteiger partial charge in [0.05, 0.1) is 0 Å². The van der Waals surface area contributed by atoms with Gasteiger partial charge < -0.3 is 0 Å². The second-order valence-corrected chi connectivity index (χ2v) is 5.62. The molecule has 0 heterocycles. The van der Waals surface area contributed by atoms with Crippen molar-refractivity contribution in [3.63, 3.8) is 0 Å². The highest BCUT2D eigenvalue weighted by Crippen LogP contribution is 2.36. The Morgan fingerprint density at radius 2 is 0.957 bits per heavy atom. The summed E-state index contributed by atoms with van der Waals surface area (Å²) in [6, 6.07) is 23.6. The van der Waals surface area contributed by atoms with Gasteiger partial charge in [0, 0.05) is 0 Å². The minimum absolute atomic E-state index is 1.30. The Hall–Kier alpha value is -2.24. The molecule has 116 valence electrons. The van der Waals surface area contributed by atoms with Gasteiger partial charge in [-0.15, -0.1) is 0 Å². The summed E-state index contributed by atoms with van der Waals surface area (Å²) in [5.74, 6) is 0. The third-order valence-corrected chi connectivity index (χ3v) is 4.10. The minimum atomic E-state index is 1.30. The van der Waals surface area contributed by atoms with Crippen LogP contribution in [0.25, 0.3) is 22.3 Å². The zero-order valence-corrected chi connectivity index (χ0v) is 14.8. The number of hydrogen-bond donors (Lipinski definition) is 0. The van der Waals surface area contributed by atoms with Crippen LogP contribution in [0, 0.1) is 20.8 Å². The number of benzene rings is 3. The largest absolute Gasteiger partial charge is 0.279 e. The van der Waals surface area contributed by atoms with E-state index < -0.39 is 0 Å². The Kier molecular flexibility index (Phi) is 5.84. The third-order valence-electron chi connectivity index (χ3n) is 4.10. The fourth-order valence-electron chi connectivity index (χ4n) is 3.28. The number of hydrogen-bond acceptors (Lipinski definition) is 1. The van der Waals surface area contributed by atoms with E-state index in [2.05, 4.69) is 87.5 Å². The standard InChI is InChI=1S/C21H20.HOP/c1-15-14-16(2)21(19-12-8-5-9-13-19)17(3)20(15)18-10-6-4-7-11-18;1-2/h4-14H,1-3H3;2H. The van der Waals surface area contributed by atoms with Gasteiger partial charge in [-0.2, -0.15) is 0 Å². The molecular weight excluding hydrogens is 299 g/mol. The highest BCUT2D eigenvalue weighted by Gasteiger charge is 2.13. The van der Waals surface area contributed by atoms with Gasteiger partial charge in [-0.3, -0.25) is 4.57 Å². The second-order valence-electron chi connectivity index (χ2n) is 5.62. The van der Waals surface area contributed by atoms with E-state index in [-0.39, 0.29) is 0 Å². The van der Waals surface area contributed by atoms with Gasteiger partial charge in [-0.05, 0) is 59.7 Å². The Bertz CT molecular complexity index is 716. The van der Waals surface area contributed by atoms with Crippen molar-refractivity contribution < 1.29 is 4.57 Å². The molecule has 0 amide bonds. The predicted octanol–water partition coefficient (Wildman–Crippen LogP) is 6.42. The van der Waals surface area contributed by atoms with E-state index in [0.717, 1.165) is 0 Å². The Labute approximate surface area is 140 Å². The fourth-order valence-corrected chi connectivity index (χ4v) is 3.28. The first kappa shape index (κ1) is 17.1. The molecular formula is C21H21OP. The lowest BCUT2D eigenvalue weighted by Gasteiger charge is -2.18. The van der Waals surface area contributed by atoms with Crippen LogP contribution >= 0.6 is 9.12 Å². The Morgan fingerprint density at radius 1 is 0.609 bits per heavy atom. The smallest absolute Gasteiger partial charge is 0.138 e. The molecule has 0 saturated heterocycles. The maximum Gasteiger partial charge on any atom is 0.138 e. The van der Waals surface area contributed by atoms with E-state index >= 15 is 0 Å². The summed E-state index contributed by atoms with van der Waals surface area (Å²) >= 11 is 0. The maximum absolute atomic E-state index is 8.06. The second kappa shape index (κ2) is 7.85. The summed E-state index contributed by atoms with van der Waals surface area (Å²) in [5.41, 5.74) is 9.37. The van der Waals surface area contributed by atoms with Gasteiger partial charge in [-0.1, -0.05) is 66.7 Å². The lowest BCUT2D eigenvalue weighted by molar-refractivity contribution is 0.607. The minimum Gasteiger partial charge on any atom is -0.279 e. The van der Waals surface area contributed by atoms with Crippen molar-refractivity contribution in [2.45, 2.75) is 20.8 Å². The van der Waals surface area contributed by atoms with Crippen LogP contribution in [0.5, 0.6) is 0 Å². The van der Waals surface area contributed by atoms with Crippen LogP contribution < -0.4 is 0 Å². The fraction of sp³-hybridized carbons (Fsp3) is 0.143. The summed E-state index contributed by atoms with van der Waals surface area (Å²) in [4.78, 5) is 0. The molecule has 0 aromatic heterocycles. The van der Waals surface area contributed by atoms with Gasteiger partial charge in [-0.25, -0.2) is 0 Å². The monoisotopic (exact) mass is 320 g/mol. The molecule has 0 bridgehead atoms. The topological polar surface area (TPSA) is 17.1 Å². The van der Waals surface area contributed by atoms with Gasteiger partial charge in [0.2, 0.25) is 0 Å². The van der Waals surface area contributed by atoms with Crippen LogP contribution in [0.3, 0.4) is 0 Å². The lowest BCUT2D eigenvalue weighted by atomic mass is 9.86. The molecule has 23 heavy (non-hydrogen) atoms. The molecule has 2 heteroatoms. The van der Waals surface area contributed by atoms with Crippen LogP contribution in [-0.2, 0) is 4.57 Å². The normalized spacial score (nSPS) is 9.87. The molecule has 3 aromatic rings. The molecule has 0 aliphatic rings. The maximum atomic E-state index is 8.06. The van der Waals surface area contributed by atoms with Crippen molar-refractivity contribution in [2.24, 2.45) is 0 Å². The van der Waals surface area contributed by atoms with E-state index in [1.807, 2.05) is 0 Å². The van der Waals surface area contributed by atoms with Crippen LogP contribution in [0.1, 0.15) is 16.7 Å². The van der Waals surface area contributed by atoms with Gasteiger partial charge >= 0.3 is 0 Å². The first-order chi connectivity index (χ1) is 11.2. The molecule has 0 spiro atoms. The zero-order chi connectivity index (χ0) is 16.8. The van der Waals surface area contributed by atoms with Crippen molar-refractivity contribution in [3.05, 3.63) is 83.4 Å². The van der Waals surface area contributed by atoms with Crippen molar-refractivity contribution in [1.29, 1.82) is 0 Å². The van der Waals surface area contributed by atoms with Crippen LogP contribution in [0.4, 0.5) is 0 Å². The van der Waals surface area contributed by atoms with Crippen molar-refractivity contribution >= 4 is 9.12 Å². The van der Waals surface area contributed by atoms with Crippen LogP contribution in [-0.4, -0.2) is 0 Å². The van der Waals surface area contributed by atoms with Crippen molar-refractivity contribution in [3.8, 4) is 22.3 Å². The van der Waals surface area contributed by atoms with E-state index in [1.54, 1.807) is 9.12 Å². The zero-order valence-electron chi connectivity index (χ0n) is 13.8. The van der Waals surface area contributed by atoms with Crippen molar-refractivity contribution in [2.75, 3.05) is 0 Å². The van der Waals surface area contributed by atoms with E-state index in [4.69, 9.17) is 4.57 Å².